The molecule has 1 N–H and O–H groups in total. The van der Waals surface area contributed by atoms with Crippen LogP contribution >= 0.6 is 0 Å². The summed E-state index contributed by atoms with van der Waals surface area (Å²) in [5, 5.41) is 3.11. The smallest absolute Gasteiger partial charge is 0.251 e. The van der Waals surface area contributed by atoms with E-state index in [0.29, 0.717) is 30.1 Å². The third-order valence-corrected chi connectivity index (χ3v) is 7.62. The molecule has 0 spiro atoms. The minimum Gasteiger partial charge on any atom is -0.381 e. The molecule has 0 radical (unpaired) electrons. The summed E-state index contributed by atoms with van der Waals surface area (Å²) in [6, 6.07) is 5.39. The number of hydrogen-bond acceptors (Lipinski definition) is 6. The number of nitrogens with zero attached hydrogens (tertiary/aromatic N) is 2. The van der Waals surface area contributed by atoms with Gasteiger partial charge in [-0.1, -0.05) is 0 Å². The van der Waals surface area contributed by atoms with Crippen molar-refractivity contribution < 1.29 is 22.7 Å². The first-order valence-corrected chi connectivity index (χ1v) is 12.5. The number of hydrogen-bond donors (Lipinski definition) is 1. The summed E-state index contributed by atoms with van der Waals surface area (Å²) in [6.45, 7) is 7.14. The van der Waals surface area contributed by atoms with Gasteiger partial charge in [0.25, 0.3) is 5.91 Å². The SMILES string of the molecule is CC1Cc2cc(C(=O)NCC(C3CCOC3)N3CCOCC3)ccc2N1S(C)(=O)=O. The molecule has 3 aliphatic heterocycles. The summed E-state index contributed by atoms with van der Waals surface area (Å²) in [7, 11) is -3.34. The number of carbonyl (C=O) groups excluding carboxylic acids is 1. The average Bonchev–Trinajstić information content (AvgIpc) is 3.34. The van der Waals surface area contributed by atoms with Crippen molar-refractivity contribution in [2.75, 3.05) is 56.6 Å². The van der Waals surface area contributed by atoms with Crippen molar-refractivity contribution in [1.29, 1.82) is 0 Å². The van der Waals surface area contributed by atoms with E-state index >= 15 is 0 Å². The molecule has 166 valence electrons. The van der Waals surface area contributed by atoms with Crippen LogP contribution in [0.1, 0.15) is 29.3 Å². The number of sulfonamides is 1. The van der Waals surface area contributed by atoms with Crippen LogP contribution in [-0.4, -0.2) is 83.6 Å². The summed E-state index contributed by atoms with van der Waals surface area (Å²) in [5.41, 5.74) is 2.14. The molecule has 0 aliphatic carbocycles. The van der Waals surface area contributed by atoms with Gasteiger partial charge >= 0.3 is 0 Å². The molecule has 2 fully saturated rings. The van der Waals surface area contributed by atoms with Crippen molar-refractivity contribution in [3.63, 3.8) is 0 Å². The number of benzene rings is 1. The van der Waals surface area contributed by atoms with Crippen molar-refractivity contribution in [3.8, 4) is 0 Å². The number of anilines is 1. The Bertz CT molecular complexity index is 879. The molecular formula is C21H31N3O5S. The standard InChI is InChI=1S/C21H31N3O5S/c1-15-11-18-12-16(3-4-19(18)24(15)30(2,26)27)21(25)22-13-20(17-5-8-29-14-17)23-6-9-28-10-7-23/h3-4,12,15,17,20H,5-11,13-14H2,1-2H3,(H,22,25). The van der Waals surface area contributed by atoms with E-state index in [1.54, 1.807) is 12.1 Å². The normalized spacial score (nSPS) is 25.9. The predicted molar refractivity (Wildman–Crippen MR) is 114 cm³/mol. The number of carbonyl (C=O) groups is 1. The van der Waals surface area contributed by atoms with Crippen LogP contribution in [0, 0.1) is 5.92 Å². The van der Waals surface area contributed by atoms with E-state index in [4.69, 9.17) is 9.47 Å². The van der Waals surface area contributed by atoms with Crippen molar-refractivity contribution in [3.05, 3.63) is 29.3 Å². The van der Waals surface area contributed by atoms with Gasteiger partial charge < -0.3 is 14.8 Å². The van der Waals surface area contributed by atoms with Gasteiger partial charge in [-0.15, -0.1) is 0 Å². The van der Waals surface area contributed by atoms with Gasteiger partial charge in [0.15, 0.2) is 0 Å². The lowest BCUT2D eigenvalue weighted by Crippen LogP contribution is -2.52. The zero-order chi connectivity index (χ0) is 21.3. The molecule has 9 heteroatoms. The number of ether oxygens (including phenoxy) is 2. The third kappa shape index (κ3) is 4.49. The number of amides is 1. The van der Waals surface area contributed by atoms with Crippen LogP contribution in [0.2, 0.25) is 0 Å². The van der Waals surface area contributed by atoms with Gasteiger partial charge in [0.2, 0.25) is 10.0 Å². The largest absolute Gasteiger partial charge is 0.381 e. The van der Waals surface area contributed by atoms with Gasteiger partial charge in [0.1, 0.15) is 0 Å². The lowest BCUT2D eigenvalue weighted by atomic mass is 9.96. The molecule has 3 atom stereocenters. The highest BCUT2D eigenvalue weighted by atomic mass is 32.2. The Labute approximate surface area is 178 Å². The Morgan fingerprint density at radius 2 is 2.00 bits per heavy atom. The maximum Gasteiger partial charge on any atom is 0.251 e. The zero-order valence-corrected chi connectivity index (χ0v) is 18.5. The fraction of sp³-hybridized carbons (Fsp3) is 0.667. The first kappa shape index (κ1) is 21.5. The molecule has 3 aliphatic rings. The van der Waals surface area contributed by atoms with E-state index in [1.807, 2.05) is 13.0 Å². The fourth-order valence-corrected chi connectivity index (χ4v) is 6.17. The van der Waals surface area contributed by atoms with Crippen LogP contribution in [-0.2, 0) is 25.9 Å². The van der Waals surface area contributed by atoms with Crippen LogP contribution < -0.4 is 9.62 Å². The minimum absolute atomic E-state index is 0.125. The van der Waals surface area contributed by atoms with Crippen molar-refractivity contribution in [2.45, 2.75) is 31.8 Å². The molecule has 30 heavy (non-hydrogen) atoms. The monoisotopic (exact) mass is 437 g/mol. The van der Waals surface area contributed by atoms with Gasteiger partial charge in [-0.25, -0.2) is 8.42 Å². The maximum atomic E-state index is 12.9. The maximum absolute atomic E-state index is 12.9. The van der Waals surface area contributed by atoms with E-state index < -0.39 is 10.0 Å². The molecule has 0 bridgehead atoms. The second-order valence-corrected chi connectivity index (χ2v) is 10.4. The molecule has 0 aromatic heterocycles. The van der Waals surface area contributed by atoms with Gasteiger partial charge in [0, 0.05) is 49.8 Å². The third-order valence-electron chi connectivity index (χ3n) is 6.35. The topological polar surface area (TPSA) is 88.2 Å². The van der Waals surface area contributed by atoms with Gasteiger partial charge in [-0.2, -0.15) is 0 Å². The number of morpholine rings is 1. The summed E-state index contributed by atoms with van der Waals surface area (Å²) >= 11 is 0. The second kappa shape index (κ2) is 8.82. The van der Waals surface area contributed by atoms with E-state index in [2.05, 4.69) is 10.2 Å². The number of nitrogens with one attached hydrogen (secondary N) is 1. The Hall–Kier alpha value is -1.68. The van der Waals surface area contributed by atoms with E-state index in [1.165, 1.54) is 10.6 Å². The van der Waals surface area contributed by atoms with Gasteiger partial charge in [0.05, 0.1) is 31.8 Å². The zero-order valence-electron chi connectivity index (χ0n) is 17.7. The van der Waals surface area contributed by atoms with Crippen molar-refractivity contribution >= 4 is 21.6 Å². The fourth-order valence-electron chi connectivity index (χ4n) is 4.91. The summed E-state index contributed by atoms with van der Waals surface area (Å²) < 4.78 is 36.7. The van der Waals surface area contributed by atoms with Crippen LogP contribution in [0.3, 0.4) is 0 Å². The summed E-state index contributed by atoms with van der Waals surface area (Å²) in [4.78, 5) is 15.3. The Morgan fingerprint density at radius 1 is 1.23 bits per heavy atom. The lowest BCUT2D eigenvalue weighted by molar-refractivity contribution is 0.00166. The predicted octanol–water partition coefficient (Wildman–Crippen LogP) is 0.864. The minimum atomic E-state index is -3.34. The quantitative estimate of drug-likeness (QED) is 0.710. The second-order valence-electron chi connectivity index (χ2n) is 8.50. The lowest BCUT2D eigenvalue weighted by Gasteiger charge is -2.37. The van der Waals surface area contributed by atoms with E-state index in [-0.39, 0.29) is 18.0 Å². The molecule has 3 heterocycles. The summed E-state index contributed by atoms with van der Waals surface area (Å²) in [5.74, 6) is 0.285. The molecule has 8 nitrogen and oxygen atoms in total. The highest BCUT2D eigenvalue weighted by Crippen LogP contribution is 2.34. The molecule has 4 rings (SSSR count). The van der Waals surface area contributed by atoms with Crippen molar-refractivity contribution in [1.82, 2.24) is 10.2 Å². The molecule has 1 amide bonds. The molecule has 3 unspecified atom stereocenters. The van der Waals surface area contributed by atoms with Crippen LogP contribution in [0.25, 0.3) is 0 Å². The molecule has 0 saturated carbocycles. The molecule has 2 saturated heterocycles. The Balaban J connectivity index is 1.45. The Kier molecular flexibility index (Phi) is 6.34. The van der Waals surface area contributed by atoms with E-state index in [9.17, 15) is 13.2 Å². The summed E-state index contributed by atoms with van der Waals surface area (Å²) in [6.07, 6.45) is 2.84. The first-order valence-electron chi connectivity index (χ1n) is 10.6. The molecular weight excluding hydrogens is 406 g/mol. The highest BCUT2D eigenvalue weighted by Gasteiger charge is 2.34. The molecule has 1 aromatic rings. The average molecular weight is 438 g/mol. The van der Waals surface area contributed by atoms with E-state index in [0.717, 1.165) is 51.5 Å². The Morgan fingerprint density at radius 3 is 2.67 bits per heavy atom. The van der Waals surface area contributed by atoms with Gasteiger partial charge in [-0.05, 0) is 43.5 Å². The van der Waals surface area contributed by atoms with Crippen LogP contribution in [0.4, 0.5) is 5.69 Å². The van der Waals surface area contributed by atoms with Gasteiger partial charge in [-0.3, -0.25) is 14.0 Å². The first-order chi connectivity index (χ1) is 14.3. The van der Waals surface area contributed by atoms with Crippen LogP contribution in [0.5, 0.6) is 0 Å². The number of fused-ring (bicyclic) bond motifs is 1. The van der Waals surface area contributed by atoms with Crippen LogP contribution in [0.15, 0.2) is 18.2 Å². The van der Waals surface area contributed by atoms with Crippen molar-refractivity contribution in [2.24, 2.45) is 5.92 Å². The highest BCUT2D eigenvalue weighted by molar-refractivity contribution is 7.92. The molecule has 1 aromatic carbocycles. The number of rotatable bonds is 6.